The SMILES string of the molecule is CCc1nc2n(n1)CCC[C@H]2NS(=O)(=O)Cc1cccc2cccnc12. The Bertz CT molecular complexity index is 1040. The van der Waals surface area contributed by atoms with Crippen LogP contribution in [0.4, 0.5) is 0 Å². The van der Waals surface area contributed by atoms with E-state index < -0.39 is 10.0 Å². The minimum Gasteiger partial charge on any atom is -0.256 e. The van der Waals surface area contributed by atoms with E-state index in [-0.39, 0.29) is 11.8 Å². The molecule has 0 amide bonds. The van der Waals surface area contributed by atoms with Crippen molar-refractivity contribution in [3.8, 4) is 0 Å². The van der Waals surface area contributed by atoms with Gasteiger partial charge in [0.2, 0.25) is 10.0 Å². The number of nitrogens with one attached hydrogen (secondary N) is 1. The van der Waals surface area contributed by atoms with Gasteiger partial charge in [-0.15, -0.1) is 0 Å². The van der Waals surface area contributed by atoms with E-state index in [2.05, 4.69) is 19.8 Å². The van der Waals surface area contributed by atoms with E-state index in [0.717, 1.165) is 42.5 Å². The van der Waals surface area contributed by atoms with E-state index in [0.29, 0.717) is 11.4 Å². The van der Waals surface area contributed by atoms with E-state index in [1.165, 1.54) is 0 Å². The summed E-state index contributed by atoms with van der Waals surface area (Å²) in [5.41, 5.74) is 1.42. The lowest BCUT2D eigenvalue weighted by atomic mass is 10.1. The van der Waals surface area contributed by atoms with Crippen LogP contribution in [-0.4, -0.2) is 28.2 Å². The van der Waals surface area contributed by atoms with Crippen molar-refractivity contribution in [3.63, 3.8) is 0 Å². The predicted octanol–water partition coefficient (Wildman–Crippen LogP) is 2.34. The van der Waals surface area contributed by atoms with E-state index >= 15 is 0 Å². The molecule has 1 aliphatic heterocycles. The van der Waals surface area contributed by atoms with Crippen molar-refractivity contribution in [1.82, 2.24) is 24.5 Å². The number of pyridine rings is 1. The fourth-order valence-corrected chi connectivity index (χ4v) is 4.79. The van der Waals surface area contributed by atoms with Crippen LogP contribution in [0.1, 0.15) is 43.0 Å². The van der Waals surface area contributed by atoms with E-state index in [4.69, 9.17) is 0 Å². The van der Waals surface area contributed by atoms with Crippen LogP contribution in [0.3, 0.4) is 0 Å². The highest BCUT2D eigenvalue weighted by molar-refractivity contribution is 7.88. The Hall–Kier alpha value is -2.32. The third-order valence-corrected chi connectivity index (χ3v) is 5.95. The highest BCUT2D eigenvalue weighted by Crippen LogP contribution is 2.25. The van der Waals surface area contributed by atoms with Crippen LogP contribution < -0.4 is 4.72 Å². The molecule has 0 unspecified atom stereocenters. The number of benzene rings is 1. The zero-order chi connectivity index (χ0) is 18.1. The molecule has 0 radical (unpaired) electrons. The summed E-state index contributed by atoms with van der Waals surface area (Å²) in [6.45, 7) is 2.78. The van der Waals surface area contributed by atoms with Gasteiger partial charge in [-0.1, -0.05) is 31.2 Å². The van der Waals surface area contributed by atoms with Crippen molar-refractivity contribution >= 4 is 20.9 Å². The molecule has 26 heavy (non-hydrogen) atoms. The van der Waals surface area contributed by atoms with Gasteiger partial charge < -0.3 is 0 Å². The van der Waals surface area contributed by atoms with Gasteiger partial charge >= 0.3 is 0 Å². The summed E-state index contributed by atoms with van der Waals surface area (Å²) in [5, 5.41) is 5.37. The Labute approximate surface area is 152 Å². The molecule has 3 heterocycles. The summed E-state index contributed by atoms with van der Waals surface area (Å²) in [6, 6.07) is 9.06. The van der Waals surface area contributed by atoms with Crippen molar-refractivity contribution in [2.24, 2.45) is 0 Å². The van der Waals surface area contributed by atoms with Crippen LogP contribution in [0.25, 0.3) is 10.9 Å². The van der Waals surface area contributed by atoms with Crippen LogP contribution in [0.2, 0.25) is 0 Å². The number of nitrogens with zero attached hydrogens (tertiary/aromatic N) is 4. The quantitative estimate of drug-likeness (QED) is 0.743. The Morgan fingerprint density at radius 1 is 1.27 bits per heavy atom. The molecule has 0 saturated carbocycles. The molecule has 1 N–H and O–H groups in total. The molecule has 1 aliphatic rings. The molecule has 8 heteroatoms. The van der Waals surface area contributed by atoms with E-state index in [1.54, 1.807) is 6.20 Å². The second-order valence-electron chi connectivity index (χ2n) is 6.53. The maximum absolute atomic E-state index is 12.8. The fourth-order valence-electron chi connectivity index (χ4n) is 3.41. The van der Waals surface area contributed by atoms with Crippen molar-refractivity contribution in [1.29, 1.82) is 0 Å². The molecular formula is C18H21N5O2S. The van der Waals surface area contributed by atoms with Crippen molar-refractivity contribution in [2.45, 2.75) is 44.5 Å². The second-order valence-corrected chi connectivity index (χ2v) is 8.28. The van der Waals surface area contributed by atoms with Gasteiger partial charge in [-0.3, -0.25) is 4.98 Å². The lowest BCUT2D eigenvalue weighted by Gasteiger charge is -2.23. The molecule has 0 spiro atoms. The number of hydrogen-bond donors (Lipinski definition) is 1. The van der Waals surface area contributed by atoms with Gasteiger partial charge in [0, 0.05) is 24.5 Å². The molecule has 0 fully saturated rings. The van der Waals surface area contributed by atoms with Crippen molar-refractivity contribution in [2.75, 3.05) is 0 Å². The average Bonchev–Trinajstić information content (AvgIpc) is 3.06. The zero-order valence-corrected chi connectivity index (χ0v) is 15.4. The first kappa shape index (κ1) is 17.1. The topological polar surface area (TPSA) is 89.8 Å². The van der Waals surface area contributed by atoms with Gasteiger partial charge in [-0.05, 0) is 24.5 Å². The van der Waals surface area contributed by atoms with Crippen molar-refractivity contribution < 1.29 is 8.42 Å². The fraction of sp³-hybridized carbons (Fsp3) is 0.389. The standard InChI is InChI=1S/C18H21N5O2S/c1-2-16-20-18-15(9-5-11-23(18)21-16)22-26(24,25)12-14-7-3-6-13-8-4-10-19-17(13)14/h3-4,6-8,10,15,22H,2,5,9,11-12H2,1H3/t15-/m1/s1. The van der Waals surface area contributed by atoms with Crippen molar-refractivity contribution in [3.05, 3.63) is 53.7 Å². The first-order valence-electron chi connectivity index (χ1n) is 8.82. The van der Waals surface area contributed by atoms with Crippen LogP contribution >= 0.6 is 0 Å². The largest absolute Gasteiger partial charge is 0.256 e. The smallest absolute Gasteiger partial charge is 0.216 e. The molecule has 1 aromatic carbocycles. The Morgan fingerprint density at radius 3 is 2.96 bits per heavy atom. The number of aromatic nitrogens is 4. The summed E-state index contributed by atoms with van der Waals surface area (Å²) in [7, 11) is -3.54. The van der Waals surface area contributed by atoms with Gasteiger partial charge in [0.25, 0.3) is 0 Å². The molecule has 0 aliphatic carbocycles. The normalized spacial score (nSPS) is 17.3. The molecular weight excluding hydrogens is 350 g/mol. The number of para-hydroxylation sites is 1. The minimum absolute atomic E-state index is 0.105. The third-order valence-electron chi connectivity index (χ3n) is 4.62. The monoisotopic (exact) mass is 371 g/mol. The van der Waals surface area contributed by atoms with Gasteiger partial charge in [-0.25, -0.2) is 22.8 Å². The summed E-state index contributed by atoms with van der Waals surface area (Å²) in [4.78, 5) is 8.85. The highest BCUT2D eigenvalue weighted by Gasteiger charge is 2.28. The Morgan fingerprint density at radius 2 is 2.12 bits per heavy atom. The molecule has 136 valence electrons. The number of sulfonamides is 1. The maximum Gasteiger partial charge on any atom is 0.216 e. The van der Waals surface area contributed by atoms with Gasteiger partial charge in [0.05, 0.1) is 17.3 Å². The van der Waals surface area contributed by atoms with Crippen LogP contribution in [0.5, 0.6) is 0 Å². The summed E-state index contributed by atoms with van der Waals surface area (Å²) in [6.07, 6.45) is 4.03. The lowest BCUT2D eigenvalue weighted by Crippen LogP contribution is -2.34. The maximum atomic E-state index is 12.8. The summed E-state index contributed by atoms with van der Waals surface area (Å²) in [5.74, 6) is 1.36. The van der Waals surface area contributed by atoms with Crippen LogP contribution in [0, 0.1) is 0 Å². The summed E-state index contributed by atoms with van der Waals surface area (Å²) >= 11 is 0. The number of rotatable bonds is 5. The predicted molar refractivity (Wildman–Crippen MR) is 98.9 cm³/mol. The molecule has 7 nitrogen and oxygen atoms in total. The first-order chi connectivity index (χ1) is 12.6. The molecule has 3 aromatic rings. The van der Waals surface area contributed by atoms with Gasteiger partial charge in [0.15, 0.2) is 5.82 Å². The van der Waals surface area contributed by atoms with Crippen LogP contribution in [-0.2, 0) is 28.7 Å². The lowest BCUT2D eigenvalue weighted by molar-refractivity contribution is 0.399. The molecule has 0 saturated heterocycles. The highest BCUT2D eigenvalue weighted by atomic mass is 32.2. The first-order valence-corrected chi connectivity index (χ1v) is 10.5. The number of aryl methyl sites for hydroxylation is 2. The Balaban J connectivity index is 1.59. The number of hydrogen-bond acceptors (Lipinski definition) is 5. The van der Waals surface area contributed by atoms with E-state index in [9.17, 15) is 8.42 Å². The molecule has 1 atom stereocenters. The average molecular weight is 371 g/mol. The Kier molecular flexibility index (Phi) is 4.46. The number of fused-ring (bicyclic) bond motifs is 2. The molecule has 2 aromatic heterocycles. The van der Waals surface area contributed by atoms with Gasteiger partial charge in [-0.2, -0.15) is 5.10 Å². The minimum atomic E-state index is -3.54. The molecule has 0 bridgehead atoms. The van der Waals surface area contributed by atoms with Crippen LogP contribution in [0.15, 0.2) is 36.5 Å². The molecule has 4 rings (SSSR count). The van der Waals surface area contributed by atoms with E-state index in [1.807, 2.05) is 41.9 Å². The summed E-state index contributed by atoms with van der Waals surface area (Å²) < 4.78 is 30.3. The third kappa shape index (κ3) is 3.34. The zero-order valence-electron chi connectivity index (χ0n) is 14.6. The van der Waals surface area contributed by atoms with Gasteiger partial charge in [0.1, 0.15) is 5.82 Å². The second kappa shape index (κ2) is 6.77.